The van der Waals surface area contributed by atoms with E-state index in [0.717, 1.165) is 0 Å². The summed E-state index contributed by atoms with van der Waals surface area (Å²) in [5.41, 5.74) is 0.125. The largest absolute Gasteiger partial charge is 0.469 e. The van der Waals surface area contributed by atoms with E-state index < -0.39 is 32.9 Å². The Morgan fingerprint density at radius 3 is 3.00 bits per heavy atom. The summed E-state index contributed by atoms with van der Waals surface area (Å²) >= 11 is 0. The maximum absolute atomic E-state index is 11.9. The van der Waals surface area contributed by atoms with Crippen LogP contribution in [0.2, 0.25) is 0 Å². The lowest BCUT2D eigenvalue weighted by molar-refractivity contribution is -0.0216. The molecule has 0 radical (unpaired) electrons. The van der Waals surface area contributed by atoms with Crippen LogP contribution in [0, 0.1) is 0 Å². The fourth-order valence-electron chi connectivity index (χ4n) is 2.76. The van der Waals surface area contributed by atoms with Gasteiger partial charge in [-0.1, -0.05) is 0 Å². The summed E-state index contributed by atoms with van der Waals surface area (Å²) in [5, 5.41) is 10.00. The number of nitrogens with one attached hydrogen (secondary N) is 1. The first kappa shape index (κ1) is 16.4. The molecule has 1 aromatic rings. The number of nitrogens with zero attached hydrogens (tertiary/aromatic N) is 3. The van der Waals surface area contributed by atoms with Crippen molar-refractivity contribution >= 4 is 19.3 Å². The van der Waals surface area contributed by atoms with Gasteiger partial charge in [-0.15, -0.1) is 0 Å². The summed E-state index contributed by atoms with van der Waals surface area (Å²) in [5.74, 6) is 0.435. The van der Waals surface area contributed by atoms with E-state index in [1.807, 2.05) is 0 Å². The highest BCUT2D eigenvalue weighted by Gasteiger charge is 2.42. The van der Waals surface area contributed by atoms with Gasteiger partial charge in [0.2, 0.25) is 0 Å². The molecular formula is C11H17N4O7P. The number of phosphoric acid groups is 1. The van der Waals surface area contributed by atoms with Crippen molar-refractivity contribution in [2.75, 3.05) is 30.1 Å². The fourth-order valence-corrected chi connectivity index (χ4v) is 3.10. The summed E-state index contributed by atoms with van der Waals surface area (Å²) in [6.45, 7) is -0.0832. The number of aromatic amines is 1. The van der Waals surface area contributed by atoms with E-state index in [4.69, 9.17) is 14.5 Å². The molecule has 0 amide bonds. The second kappa shape index (κ2) is 5.86. The van der Waals surface area contributed by atoms with E-state index in [0.29, 0.717) is 18.2 Å². The van der Waals surface area contributed by atoms with Gasteiger partial charge in [-0.3, -0.25) is 9.32 Å². The number of fused-ring (bicyclic) bond motifs is 1. The molecule has 128 valence electrons. The van der Waals surface area contributed by atoms with Crippen LogP contribution in [0.3, 0.4) is 0 Å². The molecule has 0 saturated carbocycles. The Morgan fingerprint density at radius 2 is 2.30 bits per heavy atom. The molecule has 0 bridgehead atoms. The number of phosphoric ester groups is 1. The number of aromatic nitrogens is 2. The van der Waals surface area contributed by atoms with Gasteiger partial charge in [0, 0.05) is 13.5 Å². The third-order valence-electron chi connectivity index (χ3n) is 3.79. The minimum absolute atomic E-state index is 0.205. The molecule has 12 heteroatoms. The molecule has 3 rings (SSSR count). The van der Waals surface area contributed by atoms with Gasteiger partial charge in [0.15, 0.2) is 5.82 Å². The molecule has 3 atom stereocenters. The summed E-state index contributed by atoms with van der Waals surface area (Å²) < 4.78 is 20.8. The maximum atomic E-state index is 11.9. The van der Waals surface area contributed by atoms with Crippen molar-refractivity contribution < 1.29 is 28.7 Å². The van der Waals surface area contributed by atoms with Crippen molar-refractivity contribution in [1.82, 2.24) is 9.97 Å². The Kier molecular flexibility index (Phi) is 4.17. The SMILES string of the molecule is CN1CN([C@H]2C[C@H](O)[C@@H](COP(=O)(O)O)O2)c2nc[nH]c(=O)c21. The second-order valence-corrected chi connectivity index (χ2v) is 6.67. The van der Waals surface area contributed by atoms with E-state index in [2.05, 4.69) is 14.5 Å². The minimum Gasteiger partial charge on any atom is -0.390 e. The van der Waals surface area contributed by atoms with E-state index in [1.54, 1.807) is 16.8 Å². The van der Waals surface area contributed by atoms with Crippen molar-refractivity contribution in [2.24, 2.45) is 0 Å². The fraction of sp³-hybridized carbons (Fsp3) is 0.636. The molecular weight excluding hydrogens is 331 g/mol. The van der Waals surface area contributed by atoms with Gasteiger partial charge < -0.3 is 34.4 Å². The third kappa shape index (κ3) is 3.25. The van der Waals surface area contributed by atoms with Crippen LogP contribution in [-0.2, 0) is 13.8 Å². The van der Waals surface area contributed by atoms with Gasteiger partial charge in [-0.05, 0) is 0 Å². The number of ether oxygens (including phenoxy) is 1. The summed E-state index contributed by atoms with van der Waals surface area (Å²) in [6, 6.07) is 0. The smallest absolute Gasteiger partial charge is 0.390 e. The Bertz CT molecular complexity index is 691. The normalized spacial score (nSPS) is 27.6. The molecule has 4 N–H and O–H groups in total. The van der Waals surface area contributed by atoms with E-state index >= 15 is 0 Å². The lowest BCUT2D eigenvalue weighted by Crippen LogP contribution is -2.38. The number of aliphatic hydroxyl groups excluding tert-OH is 1. The van der Waals surface area contributed by atoms with E-state index in [9.17, 15) is 14.5 Å². The molecule has 0 unspecified atom stereocenters. The van der Waals surface area contributed by atoms with Crippen molar-refractivity contribution in [1.29, 1.82) is 0 Å². The number of anilines is 2. The molecule has 0 spiro atoms. The molecule has 23 heavy (non-hydrogen) atoms. The van der Waals surface area contributed by atoms with Crippen LogP contribution in [0.5, 0.6) is 0 Å². The minimum atomic E-state index is -4.63. The first-order valence-electron chi connectivity index (χ1n) is 6.85. The maximum Gasteiger partial charge on any atom is 0.469 e. The standard InChI is InChI=1S/C11H17N4O7P/c1-14-5-15(10-9(14)11(17)13-4-12-10)8-2-6(16)7(22-8)3-21-23(18,19)20/h4,6-8,16H,2-3,5H2,1H3,(H,12,13,17)(H2,18,19,20)/t6-,7+,8+/m0/s1. The average molecular weight is 348 g/mol. The predicted octanol–water partition coefficient (Wildman–Crippen LogP) is -1.43. The summed E-state index contributed by atoms with van der Waals surface area (Å²) in [6.07, 6.45) is -0.899. The summed E-state index contributed by atoms with van der Waals surface area (Å²) in [4.78, 5) is 39.4. The molecule has 1 fully saturated rings. The Labute approximate surface area is 130 Å². The average Bonchev–Trinajstić information content (AvgIpc) is 2.98. The second-order valence-electron chi connectivity index (χ2n) is 5.43. The van der Waals surface area contributed by atoms with Gasteiger partial charge >= 0.3 is 7.82 Å². The van der Waals surface area contributed by atoms with Gasteiger partial charge in [0.05, 0.1) is 25.7 Å². The number of hydrogen-bond donors (Lipinski definition) is 4. The van der Waals surface area contributed by atoms with Crippen LogP contribution in [0.25, 0.3) is 0 Å². The Morgan fingerprint density at radius 1 is 1.57 bits per heavy atom. The van der Waals surface area contributed by atoms with Crippen LogP contribution in [0.4, 0.5) is 11.5 Å². The van der Waals surface area contributed by atoms with Crippen LogP contribution in [0.1, 0.15) is 6.42 Å². The van der Waals surface area contributed by atoms with Crippen molar-refractivity contribution in [3.05, 3.63) is 16.7 Å². The van der Waals surface area contributed by atoms with Crippen LogP contribution >= 0.6 is 7.82 Å². The van der Waals surface area contributed by atoms with E-state index in [-0.39, 0.29) is 12.0 Å². The molecule has 2 aliphatic rings. The summed E-state index contributed by atoms with van der Waals surface area (Å²) in [7, 11) is -2.90. The molecule has 3 heterocycles. The predicted molar refractivity (Wildman–Crippen MR) is 77.9 cm³/mol. The zero-order valence-corrected chi connectivity index (χ0v) is 13.1. The lowest BCUT2D eigenvalue weighted by Gasteiger charge is -2.25. The molecule has 0 aliphatic carbocycles. The van der Waals surface area contributed by atoms with Gasteiger partial charge in [0.1, 0.15) is 18.0 Å². The van der Waals surface area contributed by atoms with Crippen molar-refractivity contribution in [3.63, 3.8) is 0 Å². The molecule has 1 aromatic heterocycles. The van der Waals surface area contributed by atoms with Crippen molar-refractivity contribution in [2.45, 2.75) is 24.9 Å². The number of aliphatic hydroxyl groups is 1. The highest BCUT2D eigenvalue weighted by atomic mass is 31.2. The van der Waals surface area contributed by atoms with Gasteiger partial charge in [0.25, 0.3) is 5.56 Å². The highest BCUT2D eigenvalue weighted by Crippen LogP contribution is 2.39. The van der Waals surface area contributed by atoms with Crippen molar-refractivity contribution in [3.8, 4) is 0 Å². The Hall–Kier alpha value is -1.49. The molecule has 0 aromatic carbocycles. The quantitative estimate of drug-likeness (QED) is 0.477. The monoisotopic (exact) mass is 348 g/mol. The molecule has 11 nitrogen and oxygen atoms in total. The van der Waals surface area contributed by atoms with Crippen LogP contribution in [0.15, 0.2) is 11.1 Å². The van der Waals surface area contributed by atoms with Gasteiger partial charge in [-0.2, -0.15) is 0 Å². The first-order valence-corrected chi connectivity index (χ1v) is 8.38. The topological polar surface area (TPSA) is 148 Å². The first-order chi connectivity index (χ1) is 10.8. The molecule has 1 saturated heterocycles. The zero-order valence-electron chi connectivity index (χ0n) is 12.2. The van der Waals surface area contributed by atoms with Gasteiger partial charge in [-0.25, -0.2) is 9.55 Å². The number of rotatable bonds is 4. The van der Waals surface area contributed by atoms with Crippen LogP contribution in [-0.4, -0.2) is 63.6 Å². The number of hydrogen-bond acceptors (Lipinski definition) is 8. The van der Waals surface area contributed by atoms with Crippen LogP contribution < -0.4 is 15.4 Å². The third-order valence-corrected chi connectivity index (χ3v) is 4.27. The number of H-pyrrole nitrogens is 1. The lowest BCUT2D eigenvalue weighted by atomic mass is 10.2. The highest BCUT2D eigenvalue weighted by molar-refractivity contribution is 7.46. The zero-order chi connectivity index (χ0) is 16.8. The Balaban J connectivity index is 1.74. The molecule has 2 aliphatic heterocycles. The van der Waals surface area contributed by atoms with E-state index in [1.165, 1.54) is 6.33 Å².